The number of nitrogens with one attached hydrogen (secondary N) is 2. The molecule has 11 heteroatoms. The number of halogens is 3. The Balaban J connectivity index is 1.33. The molecule has 3 aromatic heterocycles. The van der Waals surface area contributed by atoms with Gasteiger partial charge in [-0.05, 0) is 17.7 Å². The molecule has 1 aliphatic heterocycles. The van der Waals surface area contributed by atoms with Crippen molar-refractivity contribution < 1.29 is 18.3 Å². The van der Waals surface area contributed by atoms with E-state index in [1.165, 1.54) is 24.7 Å². The molecule has 0 unspecified atom stereocenters. The van der Waals surface area contributed by atoms with Crippen LogP contribution in [-0.2, 0) is 11.8 Å². The normalized spacial score (nSPS) is 16.7. The van der Waals surface area contributed by atoms with Crippen molar-refractivity contribution in [3.8, 4) is 11.3 Å². The molecule has 0 amide bonds. The first-order valence-electron chi connectivity index (χ1n) is 9.68. The average molecular weight is 429 g/mol. The van der Waals surface area contributed by atoms with Gasteiger partial charge in [-0.25, -0.2) is 15.0 Å². The fourth-order valence-electron chi connectivity index (χ4n) is 3.87. The van der Waals surface area contributed by atoms with E-state index in [2.05, 4.69) is 35.0 Å². The van der Waals surface area contributed by atoms with Gasteiger partial charge in [0, 0.05) is 25.9 Å². The number of anilines is 1. The minimum absolute atomic E-state index is 0.401. The highest BCUT2D eigenvalue weighted by atomic mass is 19.4. The summed E-state index contributed by atoms with van der Waals surface area (Å²) in [6, 6.07) is 4.83. The van der Waals surface area contributed by atoms with Crippen molar-refractivity contribution in [2.45, 2.75) is 24.6 Å². The van der Waals surface area contributed by atoms with Crippen molar-refractivity contribution in [1.82, 2.24) is 30.1 Å². The largest absolute Gasteiger partial charge is 0.416 e. The van der Waals surface area contributed by atoms with Gasteiger partial charge in [0.15, 0.2) is 5.65 Å². The molecule has 4 aromatic rings. The molecule has 5 rings (SSSR count). The van der Waals surface area contributed by atoms with E-state index in [0.29, 0.717) is 48.7 Å². The Labute approximate surface area is 174 Å². The molecule has 1 fully saturated rings. The number of nitrogens with zero attached hydrogens (tertiary/aromatic N) is 5. The summed E-state index contributed by atoms with van der Waals surface area (Å²) in [4.78, 5) is 18.0. The highest BCUT2D eigenvalue weighted by Crippen LogP contribution is 2.35. The Bertz CT molecular complexity index is 1210. The maximum atomic E-state index is 12.8. The number of aromatic amines is 2. The summed E-state index contributed by atoms with van der Waals surface area (Å²) in [5.74, 6) is 1.16. The topological polar surface area (TPSA) is 107 Å². The Morgan fingerprint density at radius 2 is 1.74 bits per heavy atom. The predicted octanol–water partition coefficient (Wildman–Crippen LogP) is 3.25. The minimum atomic E-state index is -4.38. The summed E-state index contributed by atoms with van der Waals surface area (Å²) in [6.07, 6.45) is 1.12. The first-order valence-corrected chi connectivity index (χ1v) is 9.68. The summed E-state index contributed by atoms with van der Waals surface area (Å²) in [5, 5.41) is 18.8. The van der Waals surface area contributed by atoms with Crippen LogP contribution in [0, 0.1) is 0 Å². The molecule has 0 spiro atoms. The van der Waals surface area contributed by atoms with E-state index >= 15 is 0 Å². The number of aromatic nitrogens is 6. The van der Waals surface area contributed by atoms with Gasteiger partial charge in [-0.1, -0.05) is 12.1 Å². The van der Waals surface area contributed by atoms with Crippen molar-refractivity contribution >= 4 is 16.9 Å². The zero-order valence-corrected chi connectivity index (χ0v) is 16.2. The fraction of sp³-hybridized carbons (Fsp3) is 0.300. The number of aliphatic hydroxyl groups is 1. The number of imidazole rings is 1. The van der Waals surface area contributed by atoms with Crippen molar-refractivity contribution in [2.75, 3.05) is 18.0 Å². The summed E-state index contributed by atoms with van der Waals surface area (Å²) >= 11 is 0. The van der Waals surface area contributed by atoms with Gasteiger partial charge < -0.3 is 15.0 Å². The fourth-order valence-corrected chi connectivity index (χ4v) is 3.87. The Hall–Kier alpha value is -3.47. The molecule has 31 heavy (non-hydrogen) atoms. The van der Waals surface area contributed by atoms with Crippen LogP contribution in [-0.4, -0.2) is 48.3 Å². The SMILES string of the molecule is OC1(c2ncc(-c3ccc(C(F)(F)F)cc3)[nH]2)CCN(c2ncnc3[nH]ncc23)CC1. The summed E-state index contributed by atoms with van der Waals surface area (Å²) < 4.78 is 38.3. The predicted molar refractivity (Wildman–Crippen MR) is 106 cm³/mol. The third-order valence-electron chi connectivity index (χ3n) is 5.66. The quantitative estimate of drug-likeness (QED) is 0.462. The summed E-state index contributed by atoms with van der Waals surface area (Å²) in [7, 11) is 0. The van der Waals surface area contributed by atoms with Crippen LogP contribution in [0.3, 0.4) is 0 Å². The van der Waals surface area contributed by atoms with Crippen LogP contribution in [0.15, 0.2) is 43.0 Å². The van der Waals surface area contributed by atoms with Crippen molar-refractivity contribution in [3.05, 3.63) is 54.4 Å². The molecule has 4 heterocycles. The molecule has 1 aromatic carbocycles. The number of piperidine rings is 1. The molecular weight excluding hydrogens is 411 g/mol. The second-order valence-electron chi connectivity index (χ2n) is 7.57. The lowest BCUT2D eigenvalue weighted by Gasteiger charge is -2.37. The molecule has 0 aliphatic carbocycles. The molecule has 1 aliphatic rings. The number of benzene rings is 1. The van der Waals surface area contributed by atoms with Crippen LogP contribution in [0.2, 0.25) is 0 Å². The number of hydrogen-bond donors (Lipinski definition) is 3. The van der Waals surface area contributed by atoms with E-state index in [9.17, 15) is 18.3 Å². The number of alkyl halides is 3. The molecule has 0 bridgehead atoms. The molecule has 160 valence electrons. The number of hydrogen-bond acceptors (Lipinski definition) is 6. The molecule has 0 saturated carbocycles. The van der Waals surface area contributed by atoms with Crippen LogP contribution < -0.4 is 4.90 Å². The van der Waals surface area contributed by atoms with Crippen molar-refractivity contribution in [3.63, 3.8) is 0 Å². The van der Waals surface area contributed by atoms with E-state index < -0.39 is 17.3 Å². The van der Waals surface area contributed by atoms with Crippen LogP contribution in [0.1, 0.15) is 24.2 Å². The number of fused-ring (bicyclic) bond motifs is 1. The highest BCUT2D eigenvalue weighted by molar-refractivity contribution is 5.86. The first-order chi connectivity index (χ1) is 14.8. The maximum Gasteiger partial charge on any atom is 0.416 e. The zero-order valence-electron chi connectivity index (χ0n) is 16.2. The second kappa shape index (κ2) is 7.05. The van der Waals surface area contributed by atoms with E-state index in [1.54, 1.807) is 6.20 Å². The number of H-pyrrole nitrogens is 2. The van der Waals surface area contributed by atoms with Gasteiger partial charge in [-0.2, -0.15) is 18.3 Å². The summed E-state index contributed by atoms with van der Waals surface area (Å²) in [6.45, 7) is 1.09. The van der Waals surface area contributed by atoms with E-state index in [-0.39, 0.29) is 0 Å². The summed E-state index contributed by atoms with van der Waals surface area (Å²) in [5.41, 5.74) is -0.105. The monoisotopic (exact) mass is 429 g/mol. The Morgan fingerprint density at radius 3 is 2.45 bits per heavy atom. The standard InChI is InChI=1S/C20H18F3N7O/c21-20(22,23)13-3-1-12(2-4-13)15-10-24-18(28-15)19(31)5-7-30(8-6-19)17-14-9-27-29-16(14)25-11-26-17/h1-4,9-11,31H,5-8H2,(H,24,28)(H,25,26,27,29). The zero-order chi connectivity index (χ0) is 21.6. The highest BCUT2D eigenvalue weighted by Gasteiger charge is 2.37. The van der Waals surface area contributed by atoms with Crippen molar-refractivity contribution in [1.29, 1.82) is 0 Å². The third-order valence-corrected chi connectivity index (χ3v) is 5.66. The maximum absolute atomic E-state index is 12.8. The Morgan fingerprint density at radius 1 is 1.00 bits per heavy atom. The Kier molecular flexibility index (Phi) is 4.43. The van der Waals surface area contributed by atoms with Crippen LogP contribution >= 0.6 is 0 Å². The molecule has 0 atom stereocenters. The lowest BCUT2D eigenvalue weighted by molar-refractivity contribution is -0.137. The number of rotatable bonds is 3. The van der Waals surface area contributed by atoms with Gasteiger partial charge in [-0.15, -0.1) is 0 Å². The van der Waals surface area contributed by atoms with Gasteiger partial charge in [0.2, 0.25) is 0 Å². The molecule has 1 saturated heterocycles. The lowest BCUT2D eigenvalue weighted by Crippen LogP contribution is -2.43. The minimum Gasteiger partial charge on any atom is -0.382 e. The van der Waals surface area contributed by atoms with Gasteiger partial charge in [0.1, 0.15) is 23.6 Å². The smallest absolute Gasteiger partial charge is 0.382 e. The molecular formula is C20H18F3N7O. The van der Waals surface area contributed by atoms with E-state index in [4.69, 9.17) is 0 Å². The van der Waals surface area contributed by atoms with Crippen LogP contribution in [0.4, 0.5) is 19.0 Å². The van der Waals surface area contributed by atoms with Crippen LogP contribution in [0.25, 0.3) is 22.3 Å². The van der Waals surface area contributed by atoms with Gasteiger partial charge in [-0.3, -0.25) is 5.10 Å². The average Bonchev–Trinajstić information content (AvgIpc) is 3.44. The molecule has 0 radical (unpaired) electrons. The lowest BCUT2D eigenvalue weighted by atomic mass is 9.90. The van der Waals surface area contributed by atoms with E-state index in [1.807, 2.05) is 0 Å². The van der Waals surface area contributed by atoms with Gasteiger partial charge in [0.05, 0.1) is 29.0 Å². The third kappa shape index (κ3) is 3.50. The van der Waals surface area contributed by atoms with Gasteiger partial charge in [0.25, 0.3) is 0 Å². The molecule has 8 nitrogen and oxygen atoms in total. The van der Waals surface area contributed by atoms with Crippen molar-refractivity contribution in [2.24, 2.45) is 0 Å². The van der Waals surface area contributed by atoms with Crippen LogP contribution in [0.5, 0.6) is 0 Å². The van der Waals surface area contributed by atoms with E-state index in [0.717, 1.165) is 23.3 Å². The van der Waals surface area contributed by atoms with Gasteiger partial charge >= 0.3 is 6.18 Å². The second-order valence-corrected chi connectivity index (χ2v) is 7.57. The first kappa shape index (κ1) is 19.5. The molecule has 3 N–H and O–H groups in total.